The van der Waals surface area contributed by atoms with Crippen molar-refractivity contribution in [3.05, 3.63) is 24.0 Å². The van der Waals surface area contributed by atoms with Gasteiger partial charge in [0, 0.05) is 17.9 Å². The zero-order chi connectivity index (χ0) is 16.2. The Labute approximate surface area is 119 Å². The van der Waals surface area contributed by atoms with Crippen molar-refractivity contribution in [1.29, 1.82) is 0 Å². The summed E-state index contributed by atoms with van der Waals surface area (Å²) in [4.78, 5) is 39.0. The number of ether oxygens (including phenoxy) is 1. The zero-order valence-electron chi connectivity index (χ0n) is 10.9. The van der Waals surface area contributed by atoms with Crippen LogP contribution in [0.4, 0.5) is 0 Å². The maximum atomic E-state index is 11.0. The first-order valence-corrected chi connectivity index (χ1v) is 7.36. The van der Waals surface area contributed by atoms with Crippen LogP contribution in [0.2, 0.25) is 0 Å². The molecule has 0 aromatic heterocycles. The zero-order valence-corrected chi connectivity index (χ0v) is 11.8. The number of phosphoric acid groups is 1. The number of hydrogen-bond acceptors (Lipinski definition) is 5. The van der Waals surface area contributed by atoms with Gasteiger partial charge in [-0.3, -0.25) is 4.52 Å². The lowest BCUT2D eigenvalue weighted by atomic mass is 9.86. The highest BCUT2D eigenvalue weighted by Gasteiger charge is 2.37. The Hall–Kier alpha value is -1.67. The molecule has 0 aromatic rings. The monoisotopic (exact) mass is 322 g/mol. The largest absolute Gasteiger partial charge is 0.497 e. The predicted octanol–water partition coefficient (Wildman–Crippen LogP) is 0.499. The minimum Gasteiger partial charge on any atom is -0.497 e. The first kappa shape index (κ1) is 17.4. The van der Waals surface area contributed by atoms with Crippen molar-refractivity contribution >= 4 is 19.8 Å². The van der Waals surface area contributed by atoms with E-state index in [-0.39, 0.29) is 12.0 Å². The number of phosphoric ester groups is 1. The molecule has 3 unspecified atom stereocenters. The van der Waals surface area contributed by atoms with Crippen molar-refractivity contribution in [2.45, 2.75) is 25.6 Å². The van der Waals surface area contributed by atoms with Crippen molar-refractivity contribution in [3.8, 4) is 0 Å². The van der Waals surface area contributed by atoms with Gasteiger partial charge in [0.1, 0.15) is 6.10 Å². The molecular weight excluding hydrogens is 307 g/mol. The van der Waals surface area contributed by atoms with E-state index in [4.69, 9.17) is 24.7 Å². The third kappa shape index (κ3) is 5.68. The molecule has 0 saturated heterocycles. The van der Waals surface area contributed by atoms with Gasteiger partial charge in [-0.05, 0) is 6.08 Å². The lowest BCUT2D eigenvalue weighted by Crippen LogP contribution is -2.36. The van der Waals surface area contributed by atoms with Gasteiger partial charge in [0.2, 0.25) is 0 Å². The molecule has 21 heavy (non-hydrogen) atoms. The van der Waals surface area contributed by atoms with E-state index in [0.29, 0.717) is 0 Å². The summed E-state index contributed by atoms with van der Waals surface area (Å²) in [5.41, 5.74) is -0.125. The average molecular weight is 322 g/mol. The SMILES string of the molecule is CC1C(OP(=O)(O)O)C=C(C(=O)O)CC1OC=CC(=O)O. The number of carboxylic acid groups (broad SMARTS) is 2. The molecule has 0 heterocycles. The van der Waals surface area contributed by atoms with Crippen LogP contribution in [0.25, 0.3) is 0 Å². The lowest BCUT2D eigenvalue weighted by Gasteiger charge is -2.33. The first-order chi connectivity index (χ1) is 9.60. The van der Waals surface area contributed by atoms with E-state index < -0.39 is 37.9 Å². The summed E-state index contributed by atoms with van der Waals surface area (Å²) in [7, 11) is -4.80. The van der Waals surface area contributed by atoms with Gasteiger partial charge in [-0.15, -0.1) is 0 Å². The number of rotatable bonds is 6. The summed E-state index contributed by atoms with van der Waals surface area (Å²) < 4.78 is 20.6. The quantitative estimate of drug-likeness (QED) is 0.311. The molecule has 9 nitrogen and oxygen atoms in total. The minimum absolute atomic E-state index is 0.0402. The summed E-state index contributed by atoms with van der Waals surface area (Å²) in [6, 6.07) is 0. The van der Waals surface area contributed by atoms with E-state index in [0.717, 1.165) is 18.4 Å². The molecule has 1 rings (SSSR count). The standard InChI is InChI=1S/C11H15O9P/c1-6-8(19-3-2-10(12)13)4-7(11(14)15)5-9(6)20-21(16,17)18/h2-3,5-6,8-9H,4H2,1H3,(H,12,13)(H,14,15)(H2,16,17,18). The van der Waals surface area contributed by atoms with Crippen molar-refractivity contribution in [2.24, 2.45) is 5.92 Å². The molecule has 10 heteroatoms. The molecular formula is C11H15O9P. The summed E-state index contributed by atoms with van der Waals surface area (Å²) in [5.74, 6) is -3.09. The number of carboxylic acids is 2. The second kappa shape index (κ2) is 6.86. The minimum atomic E-state index is -4.80. The smallest absolute Gasteiger partial charge is 0.470 e. The van der Waals surface area contributed by atoms with Gasteiger partial charge >= 0.3 is 19.8 Å². The first-order valence-electron chi connectivity index (χ1n) is 5.83. The molecule has 0 fully saturated rings. The second-order valence-corrected chi connectivity index (χ2v) is 5.63. The fourth-order valence-electron chi connectivity index (χ4n) is 1.85. The molecule has 0 amide bonds. The van der Waals surface area contributed by atoms with Crippen LogP contribution in [-0.4, -0.2) is 44.1 Å². The number of carbonyl (C=O) groups is 2. The number of aliphatic carboxylic acids is 2. The van der Waals surface area contributed by atoms with Crippen molar-refractivity contribution in [2.75, 3.05) is 0 Å². The Kier molecular flexibility index (Phi) is 5.68. The Morgan fingerprint density at radius 3 is 2.48 bits per heavy atom. The summed E-state index contributed by atoms with van der Waals surface area (Å²) in [6.07, 6.45) is 0.753. The molecule has 0 saturated carbocycles. The molecule has 0 aromatic carbocycles. The molecule has 3 atom stereocenters. The van der Waals surface area contributed by atoms with Gasteiger partial charge in [0.15, 0.2) is 0 Å². The van der Waals surface area contributed by atoms with Crippen LogP contribution in [-0.2, 0) is 23.4 Å². The number of hydrogen-bond donors (Lipinski definition) is 4. The predicted molar refractivity (Wildman–Crippen MR) is 68.1 cm³/mol. The van der Waals surface area contributed by atoms with Gasteiger partial charge in [0.25, 0.3) is 0 Å². The van der Waals surface area contributed by atoms with Gasteiger partial charge < -0.3 is 24.7 Å². The highest BCUT2D eigenvalue weighted by atomic mass is 31.2. The third-order valence-electron chi connectivity index (χ3n) is 2.89. The fraction of sp³-hybridized carbons (Fsp3) is 0.455. The van der Waals surface area contributed by atoms with Crippen LogP contribution in [0, 0.1) is 5.92 Å². The molecule has 0 spiro atoms. The fourth-order valence-corrected chi connectivity index (χ4v) is 2.42. The maximum Gasteiger partial charge on any atom is 0.470 e. The van der Waals surface area contributed by atoms with Crippen LogP contribution in [0.3, 0.4) is 0 Å². The van der Waals surface area contributed by atoms with Crippen LogP contribution in [0.5, 0.6) is 0 Å². The van der Waals surface area contributed by atoms with Crippen LogP contribution in [0.1, 0.15) is 13.3 Å². The second-order valence-electron chi connectivity index (χ2n) is 4.44. The molecule has 1 aliphatic carbocycles. The van der Waals surface area contributed by atoms with Gasteiger partial charge in [-0.2, -0.15) is 0 Å². The Bertz CT molecular complexity index is 518. The van der Waals surface area contributed by atoms with Crippen LogP contribution in [0.15, 0.2) is 24.0 Å². The Morgan fingerprint density at radius 1 is 1.38 bits per heavy atom. The molecule has 0 bridgehead atoms. The summed E-state index contributed by atoms with van der Waals surface area (Å²) >= 11 is 0. The van der Waals surface area contributed by atoms with E-state index in [2.05, 4.69) is 4.52 Å². The van der Waals surface area contributed by atoms with Crippen molar-refractivity contribution in [1.82, 2.24) is 0 Å². The summed E-state index contributed by atoms with van der Waals surface area (Å²) in [6.45, 7) is 1.55. The lowest BCUT2D eigenvalue weighted by molar-refractivity contribution is -0.134. The molecule has 4 N–H and O–H groups in total. The van der Waals surface area contributed by atoms with E-state index >= 15 is 0 Å². The molecule has 0 aliphatic heterocycles. The van der Waals surface area contributed by atoms with Gasteiger partial charge in [-0.1, -0.05) is 6.92 Å². The maximum absolute atomic E-state index is 11.0. The highest BCUT2D eigenvalue weighted by Crippen LogP contribution is 2.42. The van der Waals surface area contributed by atoms with Crippen molar-refractivity contribution < 1.29 is 43.4 Å². The van der Waals surface area contributed by atoms with Gasteiger partial charge in [0.05, 0.1) is 18.4 Å². The summed E-state index contributed by atoms with van der Waals surface area (Å²) in [5, 5.41) is 17.4. The normalized spacial score (nSPS) is 26.4. The molecule has 118 valence electrons. The van der Waals surface area contributed by atoms with Crippen LogP contribution < -0.4 is 0 Å². The van der Waals surface area contributed by atoms with Gasteiger partial charge in [-0.25, -0.2) is 14.2 Å². The average Bonchev–Trinajstić information content (AvgIpc) is 2.31. The molecule has 1 aliphatic rings. The van der Waals surface area contributed by atoms with E-state index in [1.807, 2.05) is 0 Å². The topological polar surface area (TPSA) is 151 Å². The Morgan fingerprint density at radius 2 is 2.00 bits per heavy atom. The van der Waals surface area contributed by atoms with E-state index in [1.54, 1.807) is 6.92 Å². The highest BCUT2D eigenvalue weighted by molar-refractivity contribution is 7.46. The van der Waals surface area contributed by atoms with Crippen molar-refractivity contribution in [3.63, 3.8) is 0 Å². The third-order valence-corrected chi connectivity index (χ3v) is 3.41. The van der Waals surface area contributed by atoms with E-state index in [9.17, 15) is 14.2 Å². The molecule has 0 radical (unpaired) electrons. The Balaban J connectivity index is 2.92. The van der Waals surface area contributed by atoms with E-state index in [1.165, 1.54) is 0 Å². The van der Waals surface area contributed by atoms with Crippen LogP contribution >= 0.6 is 7.82 Å².